The number of alkyl carbamates (subject to hydrolysis) is 1. The number of benzene rings is 1. The van der Waals surface area contributed by atoms with Crippen molar-refractivity contribution in [2.75, 3.05) is 0 Å². The summed E-state index contributed by atoms with van der Waals surface area (Å²) in [5, 5.41) is 2.55. The van der Waals surface area contributed by atoms with Gasteiger partial charge in [0.1, 0.15) is 6.04 Å². The molecule has 0 aliphatic rings. The highest BCUT2D eigenvalue weighted by atomic mass is 35.6. The Labute approximate surface area is 121 Å². The molecule has 100 valence electrons. The fourth-order valence-electron chi connectivity index (χ4n) is 1.37. The minimum atomic E-state index is -1.66. The van der Waals surface area contributed by atoms with Crippen LogP contribution in [0.2, 0.25) is 0 Å². The van der Waals surface area contributed by atoms with Crippen LogP contribution < -0.4 is 5.32 Å². The van der Waals surface area contributed by atoms with Gasteiger partial charge in [0, 0.05) is 0 Å². The first-order chi connectivity index (χ1) is 8.30. The van der Waals surface area contributed by atoms with Crippen LogP contribution in [0.3, 0.4) is 0 Å². The zero-order chi connectivity index (χ0) is 13.8. The Bertz CT molecular complexity index is 390. The Morgan fingerprint density at radius 1 is 1.22 bits per heavy atom. The quantitative estimate of drug-likeness (QED) is 0.848. The molecule has 0 radical (unpaired) electrons. The Morgan fingerprint density at radius 3 is 2.22 bits per heavy atom. The van der Waals surface area contributed by atoms with Crippen molar-refractivity contribution in [3.63, 3.8) is 0 Å². The molecule has 0 spiro atoms. The van der Waals surface area contributed by atoms with E-state index in [4.69, 9.17) is 39.5 Å². The van der Waals surface area contributed by atoms with E-state index in [1.54, 1.807) is 38.1 Å². The molecular formula is C12H14Cl3NO2. The van der Waals surface area contributed by atoms with E-state index in [0.29, 0.717) is 5.56 Å². The van der Waals surface area contributed by atoms with Crippen LogP contribution in [-0.4, -0.2) is 16.0 Å². The number of hydrogen-bond donors (Lipinski definition) is 1. The van der Waals surface area contributed by atoms with Gasteiger partial charge in [0.25, 0.3) is 0 Å². The van der Waals surface area contributed by atoms with Crippen LogP contribution in [0.5, 0.6) is 0 Å². The third-order valence-electron chi connectivity index (χ3n) is 2.07. The summed E-state index contributed by atoms with van der Waals surface area (Å²) in [5.41, 5.74) is 0.693. The molecule has 1 N–H and O–H groups in total. The second-order valence-electron chi connectivity index (χ2n) is 3.98. The van der Waals surface area contributed by atoms with Crippen molar-refractivity contribution in [2.24, 2.45) is 0 Å². The van der Waals surface area contributed by atoms with Crippen molar-refractivity contribution < 1.29 is 9.53 Å². The lowest BCUT2D eigenvalue weighted by molar-refractivity contribution is 0.112. The normalized spacial score (nSPS) is 13.2. The molecule has 0 heterocycles. The summed E-state index contributed by atoms with van der Waals surface area (Å²) in [6.07, 6.45) is -0.859. The molecule has 0 aliphatic heterocycles. The highest BCUT2D eigenvalue weighted by molar-refractivity contribution is 6.68. The van der Waals surface area contributed by atoms with Gasteiger partial charge < -0.3 is 10.1 Å². The third kappa shape index (κ3) is 4.92. The van der Waals surface area contributed by atoms with Crippen LogP contribution in [0.25, 0.3) is 0 Å². The molecule has 0 bridgehead atoms. The van der Waals surface area contributed by atoms with Crippen LogP contribution in [0, 0.1) is 0 Å². The van der Waals surface area contributed by atoms with Gasteiger partial charge in [-0.2, -0.15) is 0 Å². The SMILES string of the molecule is CC(C)OC(=O)N[C@H](c1ccccc1)C(Cl)(Cl)Cl. The maximum atomic E-state index is 11.6. The van der Waals surface area contributed by atoms with Gasteiger partial charge in [0.05, 0.1) is 6.10 Å². The molecule has 18 heavy (non-hydrogen) atoms. The Morgan fingerprint density at radius 2 is 1.78 bits per heavy atom. The molecule has 1 rings (SSSR count). The summed E-state index contributed by atoms with van der Waals surface area (Å²) in [7, 11) is 0. The molecular weight excluding hydrogens is 296 g/mol. The highest BCUT2D eigenvalue weighted by Gasteiger charge is 2.35. The van der Waals surface area contributed by atoms with Gasteiger partial charge in [-0.25, -0.2) is 4.79 Å². The van der Waals surface area contributed by atoms with E-state index in [9.17, 15) is 4.79 Å². The van der Waals surface area contributed by atoms with Crippen molar-refractivity contribution in [3.05, 3.63) is 35.9 Å². The second kappa shape index (κ2) is 6.50. The van der Waals surface area contributed by atoms with E-state index in [0.717, 1.165) is 0 Å². The average Bonchev–Trinajstić information content (AvgIpc) is 2.24. The van der Waals surface area contributed by atoms with Crippen molar-refractivity contribution in [2.45, 2.75) is 29.8 Å². The van der Waals surface area contributed by atoms with Crippen LogP contribution >= 0.6 is 34.8 Å². The van der Waals surface area contributed by atoms with Crippen LogP contribution in [-0.2, 0) is 4.74 Å². The van der Waals surface area contributed by atoms with E-state index in [2.05, 4.69) is 5.32 Å². The van der Waals surface area contributed by atoms with Crippen molar-refractivity contribution in [3.8, 4) is 0 Å². The van der Waals surface area contributed by atoms with E-state index in [1.807, 2.05) is 6.07 Å². The van der Waals surface area contributed by atoms with Crippen LogP contribution in [0.15, 0.2) is 30.3 Å². The largest absolute Gasteiger partial charge is 0.447 e. The molecule has 0 aliphatic carbocycles. The van der Waals surface area contributed by atoms with Gasteiger partial charge in [-0.15, -0.1) is 0 Å². The number of alkyl halides is 3. The van der Waals surface area contributed by atoms with Gasteiger partial charge in [-0.05, 0) is 19.4 Å². The first kappa shape index (κ1) is 15.4. The van der Waals surface area contributed by atoms with Gasteiger partial charge >= 0.3 is 6.09 Å². The van der Waals surface area contributed by atoms with E-state index >= 15 is 0 Å². The van der Waals surface area contributed by atoms with Gasteiger partial charge in [-0.3, -0.25) is 0 Å². The van der Waals surface area contributed by atoms with Crippen molar-refractivity contribution in [1.82, 2.24) is 5.32 Å². The monoisotopic (exact) mass is 309 g/mol. The number of ether oxygens (including phenoxy) is 1. The number of nitrogens with one attached hydrogen (secondary N) is 1. The molecule has 0 saturated heterocycles. The molecule has 0 unspecified atom stereocenters. The second-order valence-corrected chi connectivity index (χ2v) is 6.35. The summed E-state index contributed by atoms with van der Waals surface area (Å²) < 4.78 is 3.32. The topological polar surface area (TPSA) is 38.3 Å². The molecule has 0 fully saturated rings. The first-order valence-corrected chi connectivity index (χ1v) is 6.53. The molecule has 1 aromatic rings. The molecule has 6 heteroatoms. The predicted octanol–water partition coefficient (Wildman–Crippen LogP) is 4.23. The third-order valence-corrected chi connectivity index (χ3v) is 2.72. The summed E-state index contributed by atoms with van der Waals surface area (Å²) in [5.74, 6) is 0. The van der Waals surface area contributed by atoms with E-state index in [1.165, 1.54) is 0 Å². The Hall–Kier alpha value is -0.640. The Balaban J connectivity index is 2.85. The highest BCUT2D eigenvalue weighted by Crippen LogP contribution is 2.39. The van der Waals surface area contributed by atoms with Crippen molar-refractivity contribution >= 4 is 40.9 Å². The molecule has 1 amide bonds. The minimum Gasteiger partial charge on any atom is -0.447 e. The molecule has 1 atom stereocenters. The molecule has 3 nitrogen and oxygen atoms in total. The Kier molecular flexibility index (Phi) is 5.57. The lowest BCUT2D eigenvalue weighted by Crippen LogP contribution is -2.37. The molecule has 0 saturated carbocycles. The van der Waals surface area contributed by atoms with E-state index < -0.39 is 15.9 Å². The summed E-state index contributed by atoms with van der Waals surface area (Å²) in [6, 6.07) is 8.20. The number of amides is 1. The number of halogens is 3. The van der Waals surface area contributed by atoms with Crippen LogP contribution in [0.1, 0.15) is 25.5 Å². The van der Waals surface area contributed by atoms with Crippen LogP contribution in [0.4, 0.5) is 4.79 Å². The number of carbonyl (C=O) groups is 1. The van der Waals surface area contributed by atoms with E-state index in [-0.39, 0.29) is 6.10 Å². The first-order valence-electron chi connectivity index (χ1n) is 5.39. The number of hydrogen-bond acceptors (Lipinski definition) is 2. The summed E-state index contributed by atoms with van der Waals surface area (Å²) in [4.78, 5) is 11.6. The smallest absolute Gasteiger partial charge is 0.408 e. The van der Waals surface area contributed by atoms with Gasteiger partial charge in [0.2, 0.25) is 3.79 Å². The van der Waals surface area contributed by atoms with Crippen molar-refractivity contribution in [1.29, 1.82) is 0 Å². The fourth-order valence-corrected chi connectivity index (χ4v) is 1.91. The molecule has 0 aromatic heterocycles. The zero-order valence-corrected chi connectivity index (χ0v) is 12.3. The predicted molar refractivity (Wildman–Crippen MR) is 74.2 cm³/mol. The number of carbonyl (C=O) groups excluding carboxylic acids is 1. The lowest BCUT2D eigenvalue weighted by Gasteiger charge is -2.26. The van der Waals surface area contributed by atoms with Gasteiger partial charge in [-0.1, -0.05) is 65.1 Å². The number of rotatable bonds is 3. The maximum absolute atomic E-state index is 11.6. The zero-order valence-electron chi connectivity index (χ0n) is 9.99. The van der Waals surface area contributed by atoms with Gasteiger partial charge in [0.15, 0.2) is 0 Å². The molecule has 1 aromatic carbocycles. The maximum Gasteiger partial charge on any atom is 0.408 e. The average molecular weight is 311 g/mol. The summed E-state index contributed by atoms with van der Waals surface area (Å²) in [6.45, 7) is 3.49. The standard InChI is InChI=1S/C12H14Cl3NO2/c1-8(2)18-11(17)16-10(12(13,14)15)9-6-4-3-5-7-9/h3-8,10H,1-2H3,(H,16,17)/t10-/m1/s1. The summed E-state index contributed by atoms with van der Waals surface area (Å²) >= 11 is 17.6. The fraction of sp³-hybridized carbons (Fsp3) is 0.417. The minimum absolute atomic E-state index is 0.239. The lowest BCUT2D eigenvalue weighted by atomic mass is 10.1.